The van der Waals surface area contributed by atoms with Gasteiger partial charge in [0, 0.05) is 11.2 Å². The lowest BCUT2D eigenvalue weighted by Crippen LogP contribution is -2.08. The predicted molar refractivity (Wildman–Crippen MR) is 65.3 cm³/mol. The zero-order chi connectivity index (χ0) is 10.7. The van der Waals surface area contributed by atoms with E-state index in [-0.39, 0.29) is 0 Å². The van der Waals surface area contributed by atoms with Crippen LogP contribution in [0.15, 0.2) is 24.3 Å². The van der Waals surface area contributed by atoms with Gasteiger partial charge in [0.2, 0.25) is 0 Å². The van der Waals surface area contributed by atoms with E-state index in [0.29, 0.717) is 0 Å². The maximum absolute atomic E-state index is 3.49. The summed E-state index contributed by atoms with van der Waals surface area (Å²) in [4.78, 5) is 3.49. The summed E-state index contributed by atoms with van der Waals surface area (Å²) in [6, 6.07) is 8.69. The van der Waals surface area contributed by atoms with Crippen molar-refractivity contribution in [2.24, 2.45) is 0 Å². The fraction of sp³-hybridized carbons (Fsp3) is 0.385. The Balaban J connectivity index is 2.20. The molecule has 0 unspecified atom stereocenters. The van der Waals surface area contributed by atoms with Crippen molar-refractivity contribution in [1.29, 1.82) is 0 Å². The van der Waals surface area contributed by atoms with Crippen LogP contribution in [0.25, 0.3) is 10.9 Å². The molecule has 0 aliphatic heterocycles. The molecular weight excluding hydrogens is 184 g/mol. The van der Waals surface area contributed by atoms with Gasteiger partial charge in [-0.1, -0.05) is 18.2 Å². The van der Waals surface area contributed by atoms with Crippen LogP contribution in [-0.2, 0) is 6.42 Å². The van der Waals surface area contributed by atoms with E-state index in [1.807, 2.05) is 7.05 Å². The van der Waals surface area contributed by atoms with Crippen LogP contribution in [0.3, 0.4) is 0 Å². The number of aryl methyl sites for hydroxylation is 2. The number of benzene rings is 1. The largest absolute Gasteiger partial charge is 0.358 e. The molecule has 2 N–H and O–H groups in total. The van der Waals surface area contributed by atoms with Crippen molar-refractivity contribution >= 4 is 10.9 Å². The van der Waals surface area contributed by atoms with Gasteiger partial charge < -0.3 is 10.3 Å². The van der Waals surface area contributed by atoms with E-state index >= 15 is 0 Å². The first-order valence-corrected chi connectivity index (χ1v) is 5.53. The quantitative estimate of drug-likeness (QED) is 0.733. The Kier molecular flexibility index (Phi) is 3.07. The molecule has 1 aromatic carbocycles. The number of para-hydroxylation sites is 1. The number of rotatable bonds is 4. The second kappa shape index (κ2) is 4.49. The number of fused-ring (bicyclic) bond motifs is 1. The molecule has 0 amide bonds. The molecule has 0 saturated carbocycles. The number of hydrogen-bond acceptors (Lipinski definition) is 1. The van der Waals surface area contributed by atoms with E-state index in [1.54, 1.807) is 0 Å². The molecule has 2 heteroatoms. The van der Waals surface area contributed by atoms with Crippen LogP contribution in [0.2, 0.25) is 0 Å². The molecule has 0 radical (unpaired) electrons. The fourth-order valence-electron chi connectivity index (χ4n) is 1.96. The van der Waals surface area contributed by atoms with E-state index in [9.17, 15) is 0 Å². The summed E-state index contributed by atoms with van der Waals surface area (Å²) in [6.07, 6.45) is 2.30. The topological polar surface area (TPSA) is 27.8 Å². The number of H-pyrrole nitrogens is 1. The Bertz CT molecular complexity index is 443. The molecule has 0 atom stereocenters. The Morgan fingerprint density at radius 3 is 2.93 bits per heavy atom. The number of aromatic nitrogens is 1. The molecule has 0 fully saturated rings. The van der Waals surface area contributed by atoms with Gasteiger partial charge in [0.1, 0.15) is 0 Å². The third-order valence-corrected chi connectivity index (χ3v) is 2.79. The molecule has 0 saturated heterocycles. The predicted octanol–water partition coefficient (Wildman–Crippen LogP) is 2.63. The molecule has 2 nitrogen and oxygen atoms in total. The van der Waals surface area contributed by atoms with Crippen molar-refractivity contribution in [2.75, 3.05) is 13.6 Å². The minimum absolute atomic E-state index is 1.08. The highest BCUT2D eigenvalue weighted by molar-refractivity contribution is 5.83. The van der Waals surface area contributed by atoms with Gasteiger partial charge in [-0.2, -0.15) is 0 Å². The summed E-state index contributed by atoms with van der Waals surface area (Å²) in [5.74, 6) is 0. The van der Waals surface area contributed by atoms with Crippen molar-refractivity contribution in [3.63, 3.8) is 0 Å². The average Bonchev–Trinajstić information content (AvgIpc) is 2.63. The molecule has 2 aromatic rings. The molecule has 0 spiro atoms. The van der Waals surface area contributed by atoms with Crippen molar-refractivity contribution in [2.45, 2.75) is 19.8 Å². The molecule has 0 bridgehead atoms. The summed E-state index contributed by atoms with van der Waals surface area (Å²) in [5.41, 5.74) is 3.96. The van der Waals surface area contributed by atoms with Crippen LogP contribution < -0.4 is 5.32 Å². The Hall–Kier alpha value is -1.28. The zero-order valence-corrected chi connectivity index (χ0v) is 9.43. The third kappa shape index (κ3) is 2.21. The molecule has 2 rings (SSSR count). The van der Waals surface area contributed by atoms with Gasteiger partial charge in [-0.25, -0.2) is 0 Å². The van der Waals surface area contributed by atoms with Gasteiger partial charge in [0.05, 0.1) is 0 Å². The van der Waals surface area contributed by atoms with Gasteiger partial charge in [-0.15, -0.1) is 0 Å². The van der Waals surface area contributed by atoms with Gasteiger partial charge in [0.25, 0.3) is 0 Å². The lowest BCUT2D eigenvalue weighted by molar-refractivity contribution is 0.718. The van der Waals surface area contributed by atoms with Gasteiger partial charge in [-0.3, -0.25) is 0 Å². The summed E-state index contributed by atoms with van der Waals surface area (Å²) >= 11 is 0. The van der Waals surface area contributed by atoms with Crippen molar-refractivity contribution in [3.05, 3.63) is 35.5 Å². The van der Waals surface area contributed by atoms with Gasteiger partial charge in [-0.05, 0) is 50.4 Å². The van der Waals surface area contributed by atoms with Crippen molar-refractivity contribution in [3.8, 4) is 0 Å². The van der Waals surface area contributed by atoms with Gasteiger partial charge >= 0.3 is 0 Å². The molecule has 0 aliphatic rings. The first-order chi connectivity index (χ1) is 7.31. The van der Waals surface area contributed by atoms with E-state index in [2.05, 4.69) is 41.5 Å². The minimum Gasteiger partial charge on any atom is -0.358 e. The summed E-state index contributed by atoms with van der Waals surface area (Å²) in [7, 11) is 2.00. The monoisotopic (exact) mass is 202 g/mol. The SMILES string of the molecule is CNCCCc1cc2cccc(C)c2[nH]1. The average molecular weight is 202 g/mol. The number of aromatic amines is 1. The minimum atomic E-state index is 1.08. The van der Waals surface area contributed by atoms with Crippen molar-refractivity contribution < 1.29 is 0 Å². The first-order valence-electron chi connectivity index (χ1n) is 5.53. The lowest BCUT2D eigenvalue weighted by Gasteiger charge is -1.97. The van der Waals surface area contributed by atoms with E-state index in [0.717, 1.165) is 13.0 Å². The highest BCUT2D eigenvalue weighted by Crippen LogP contribution is 2.19. The summed E-state index contributed by atoms with van der Waals surface area (Å²) < 4.78 is 0. The van der Waals surface area contributed by atoms with Crippen LogP contribution >= 0.6 is 0 Å². The van der Waals surface area contributed by atoms with Crippen LogP contribution in [0, 0.1) is 6.92 Å². The van der Waals surface area contributed by atoms with Crippen LogP contribution in [-0.4, -0.2) is 18.6 Å². The maximum Gasteiger partial charge on any atom is 0.0485 e. The Labute approximate surface area is 90.7 Å². The lowest BCUT2D eigenvalue weighted by atomic mass is 10.1. The molecule has 1 aromatic heterocycles. The second-order valence-corrected chi connectivity index (χ2v) is 4.04. The van der Waals surface area contributed by atoms with E-state index in [1.165, 1.54) is 28.6 Å². The second-order valence-electron chi connectivity index (χ2n) is 4.04. The van der Waals surface area contributed by atoms with Gasteiger partial charge in [0.15, 0.2) is 0 Å². The fourth-order valence-corrected chi connectivity index (χ4v) is 1.96. The highest BCUT2D eigenvalue weighted by atomic mass is 14.8. The van der Waals surface area contributed by atoms with E-state index in [4.69, 9.17) is 0 Å². The third-order valence-electron chi connectivity index (χ3n) is 2.79. The number of hydrogen-bond donors (Lipinski definition) is 2. The van der Waals surface area contributed by atoms with Crippen LogP contribution in [0.5, 0.6) is 0 Å². The normalized spacial score (nSPS) is 11.1. The zero-order valence-electron chi connectivity index (χ0n) is 9.43. The summed E-state index contributed by atoms with van der Waals surface area (Å²) in [5, 5.41) is 4.50. The molecule has 15 heavy (non-hydrogen) atoms. The Morgan fingerprint density at radius 2 is 2.20 bits per heavy atom. The molecule has 0 aliphatic carbocycles. The van der Waals surface area contributed by atoms with Crippen molar-refractivity contribution in [1.82, 2.24) is 10.3 Å². The van der Waals surface area contributed by atoms with E-state index < -0.39 is 0 Å². The molecule has 80 valence electrons. The highest BCUT2D eigenvalue weighted by Gasteiger charge is 2.01. The molecular formula is C13H18N2. The molecule has 1 heterocycles. The number of nitrogens with one attached hydrogen (secondary N) is 2. The maximum atomic E-state index is 3.49. The first kappa shape index (κ1) is 10.2. The Morgan fingerprint density at radius 1 is 1.33 bits per heavy atom. The van der Waals surface area contributed by atoms with Crippen LogP contribution in [0.1, 0.15) is 17.7 Å². The summed E-state index contributed by atoms with van der Waals surface area (Å²) in [6.45, 7) is 3.23. The van der Waals surface area contributed by atoms with Crippen LogP contribution in [0.4, 0.5) is 0 Å². The standard InChI is InChI=1S/C13H18N2/c1-10-5-3-6-11-9-12(15-13(10)11)7-4-8-14-2/h3,5-6,9,14-15H,4,7-8H2,1-2H3. The smallest absolute Gasteiger partial charge is 0.0485 e.